The number of aromatic nitrogens is 2. The average Bonchev–Trinajstić information content (AvgIpc) is 2.78. The molecule has 0 bridgehead atoms. The van der Waals surface area contributed by atoms with Crippen molar-refractivity contribution in [1.29, 1.82) is 0 Å². The van der Waals surface area contributed by atoms with E-state index in [1.165, 1.54) is 12.3 Å². The fraction of sp³-hybridized carbons (Fsp3) is 0. The van der Waals surface area contributed by atoms with Crippen LogP contribution in [-0.2, 0) is 0 Å². The van der Waals surface area contributed by atoms with E-state index >= 15 is 0 Å². The van der Waals surface area contributed by atoms with Crippen LogP contribution in [0.25, 0.3) is 0 Å². The van der Waals surface area contributed by atoms with Gasteiger partial charge in [0.2, 0.25) is 0 Å². The maximum Gasteiger partial charge on any atom is 0.295 e. The number of anilines is 2. The average molecular weight is 250 g/mol. The van der Waals surface area contributed by atoms with Gasteiger partial charge in [0.05, 0.1) is 22.7 Å². The van der Waals surface area contributed by atoms with Gasteiger partial charge in [0, 0.05) is 0 Å². The minimum Gasteiger partial charge on any atom is -0.334 e. The molecular weight excluding hydrogens is 243 g/mol. The predicted molar refractivity (Wildman–Crippen MR) is 60.3 cm³/mol. The van der Waals surface area contributed by atoms with E-state index in [9.17, 15) is 19.3 Å². The summed E-state index contributed by atoms with van der Waals surface area (Å²) in [6.07, 6.45) is 1.81. The highest BCUT2D eigenvalue weighted by Crippen LogP contribution is 2.28. The number of rotatable bonds is 4. The quantitative estimate of drug-likeness (QED) is 0.491. The minimum atomic E-state index is -0.720. The van der Waals surface area contributed by atoms with Crippen LogP contribution >= 0.6 is 0 Å². The first-order chi connectivity index (χ1) is 8.61. The monoisotopic (exact) mass is 250 g/mol. The van der Waals surface area contributed by atoms with Gasteiger partial charge in [-0.15, -0.1) is 0 Å². The highest BCUT2D eigenvalue weighted by atomic mass is 19.1. The molecule has 1 aromatic heterocycles. The number of nitrogens with one attached hydrogen (secondary N) is 2. The molecule has 0 aliphatic carbocycles. The van der Waals surface area contributed by atoms with E-state index in [4.69, 9.17) is 0 Å². The number of H-pyrrole nitrogens is 1. The van der Waals surface area contributed by atoms with E-state index in [0.717, 1.165) is 12.1 Å². The van der Waals surface area contributed by atoms with Crippen LogP contribution in [-0.4, -0.2) is 21.4 Å². The first kappa shape index (κ1) is 11.7. The molecule has 0 atom stereocenters. The highest BCUT2D eigenvalue weighted by Gasteiger charge is 2.16. The van der Waals surface area contributed by atoms with Crippen molar-refractivity contribution in [3.8, 4) is 0 Å². The SMILES string of the molecule is O=Cc1cn[nH]c1Nc1ccc(F)cc1[N+](=O)[O-]. The molecule has 0 saturated carbocycles. The number of benzene rings is 1. The van der Waals surface area contributed by atoms with E-state index < -0.39 is 16.4 Å². The Morgan fingerprint density at radius 3 is 2.94 bits per heavy atom. The van der Waals surface area contributed by atoms with Crippen molar-refractivity contribution in [2.45, 2.75) is 0 Å². The summed E-state index contributed by atoms with van der Waals surface area (Å²) in [6, 6.07) is 3.08. The molecule has 2 rings (SSSR count). The Hall–Kier alpha value is -2.77. The zero-order valence-corrected chi connectivity index (χ0v) is 8.88. The van der Waals surface area contributed by atoms with Gasteiger partial charge < -0.3 is 5.32 Å². The molecule has 2 aromatic rings. The number of carbonyl (C=O) groups excluding carboxylic acids is 1. The number of carbonyl (C=O) groups is 1. The van der Waals surface area contributed by atoms with Crippen LogP contribution < -0.4 is 5.32 Å². The van der Waals surface area contributed by atoms with Crippen molar-refractivity contribution in [3.05, 3.63) is 45.9 Å². The molecule has 0 amide bonds. The van der Waals surface area contributed by atoms with Crippen LogP contribution in [0.1, 0.15) is 10.4 Å². The minimum absolute atomic E-state index is 0.0637. The van der Waals surface area contributed by atoms with E-state index in [1.807, 2.05) is 0 Å². The van der Waals surface area contributed by atoms with Crippen LogP contribution in [0.15, 0.2) is 24.4 Å². The summed E-state index contributed by atoms with van der Waals surface area (Å²) >= 11 is 0. The molecule has 1 heterocycles. The lowest BCUT2D eigenvalue weighted by Gasteiger charge is -2.05. The van der Waals surface area contributed by atoms with Gasteiger partial charge in [0.15, 0.2) is 6.29 Å². The lowest BCUT2D eigenvalue weighted by molar-refractivity contribution is -0.384. The molecule has 0 fully saturated rings. The molecule has 2 N–H and O–H groups in total. The Bertz CT molecular complexity index is 611. The van der Waals surface area contributed by atoms with E-state index in [-0.39, 0.29) is 17.1 Å². The van der Waals surface area contributed by atoms with Crippen molar-refractivity contribution in [2.75, 3.05) is 5.32 Å². The molecule has 1 aromatic carbocycles. The third-order valence-corrected chi connectivity index (χ3v) is 2.21. The van der Waals surface area contributed by atoms with Crippen LogP contribution in [0.2, 0.25) is 0 Å². The molecule has 0 unspecified atom stereocenters. The fourth-order valence-electron chi connectivity index (χ4n) is 1.38. The van der Waals surface area contributed by atoms with Crippen LogP contribution in [0.5, 0.6) is 0 Å². The summed E-state index contributed by atoms with van der Waals surface area (Å²) in [7, 11) is 0. The van der Waals surface area contributed by atoms with Gasteiger partial charge in [0.25, 0.3) is 5.69 Å². The van der Waals surface area contributed by atoms with E-state index in [1.54, 1.807) is 0 Å². The van der Waals surface area contributed by atoms with Gasteiger partial charge in [-0.05, 0) is 12.1 Å². The van der Waals surface area contributed by atoms with Crippen molar-refractivity contribution >= 4 is 23.5 Å². The Morgan fingerprint density at radius 1 is 1.50 bits per heavy atom. The number of hydrogen-bond donors (Lipinski definition) is 2. The number of aromatic amines is 1. The Balaban J connectivity index is 2.40. The topological polar surface area (TPSA) is 101 Å². The molecule has 92 valence electrons. The Morgan fingerprint density at radius 2 is 2.28 bits per heavy atom. The molecule has 18 heavy (non-hydrogen) atoms. The largest absolute Gasteiger partial charge is 0.334 e. The number of hydrogen-bond acceptors (Lipinski definition) is 5. The predicted octanol–water partition coefficient (Wildman–Crippen LogP) is 2.01. The second-order valence-corrected chi connectivity index (χ2v) is 3.36. The van der Waals surface area contributed by atoms with Gasteiger partial charge >= 0.3 is 0 Å². The number of nitro benzene ring substituents is 1. The summed E-state index contributed by atoms with van der Waals surface area (Å²) in [6.45, 7) is 0. The van der Waals surface area contributed by atoms with Crippen molar-refractivity contribution < 1.29 is 14.1 Å². The molecule has 0 aliphatic heterocycles. The number of nitro groups is 1. The molecule has 0 aliphatic rings. The Labute approximate surface area is 99.8 Å². The molecular formula is C10H7FN4O3. The lowest BCUT2D eigenvalue weighted by atomic mass is 10.2. The summed E-state index contributed by atoms with van der Waals surface area (Å²) in [5, 5.41) is 19.5. The third kappa shape index (κ3) is 2.17. The van der Waals surface area contributed by atoms with Crippen LogP contribution in [0.4, 0.5) is 21.6 Å². The molecule has 0 saturated heterocycles. The van der Waals surface area contributed by atoms with Gasteiger partial charge in [-0.25, -0.2) is 4.39 Å². The van der Waals surface area contributed by atoms with Gasteiger partial charge in [-0.1, -0.05) is 0 Å². The van der Waals surface area contributed by atoms with Crippen molar-refractivity contribution in [3.63, 3.8) is 0 Å². The molecule has 7 nitrogen and oxygen atoms in total. The number of nitrogens with zero attached hydrogens (tertiary/aromatic N) is 2. The summed E-state index contributed by atoms with van der Waals surface area (Å²) < 4.78 is 12.9. The zero-order chi connectivity index (χ0) is 13.1. The van der Waals surface area contributed by atoms with E-state index in [0.29, 0.717) is 6.29 Å². The van der Waals surface area contributed by atoms with E-state index in [2.05, 4.69) is 15.5 Å². The molecule has 0 spiro atoms. The normalized spacial score (nSPS) is 10.1. The standard InChI is InChI=1S/C10H7FN4O3/c11-7-1-2-8(9(3-7)15(17)18)13-10-6(5-16)4-12-14-10/h1-5H,(H2,12,13,14). The van der Waals surface area contributed by atoms with Gasteiger partial charge in [0.1, 0.15) is 17.3 Å². The van der Waals surface area contributed by atoms with Gasteiger partial charge in [-0.3, -0.25) is 20.0 Å². The van der Waals surface area contributed by atoms with Gasteiger partial charge in [-0.2, -0.15) is 5.10 Å². The van der Waals surface area contributed by atoms with Crippen LogP contribution in [0.3, 0.4) is 0 Å². The maximum absolute atomic E-state index is 12.9. The first-order valence-electron chi connectivity index (χ1n) is 4.81. The fourth-order valence-corrected chi connectivity index (χ4v) is 1.38. The lowest BCUT2D eigenvalue weighted by Crippen LogP contribution is -1.99. The third-order valence-electron chi connectivity index (χ3n) is 2.21. The smallest absolute Gasteiger partial charge is 0.295 e. The maximum atomic E-state index is 12.9. The summed E-state index contributed by atoms with van der Waals surface area (Å²) in [5.41, 5.74) is -0.149. The van der Waals surface area contributed by atoms with Crippen molar-refractivity contribution in [1.82, 2.24) is 10.2 Å². The summed E-state index contributed by atoms with van der Waals surface area (Å²) in [4.78, 5) is 20.7. The second-order valence-electron chi connectivity index (χ2n) is 3.36. The number of halogens is 1. The highest BCUT2D eigenvalue weighted by molar-refractivity contribution is 5.84. The molecule has 8 heteroatoms. The molecule has 0 radical (unpaired) electrons. The van der Waals surface area contributed by atoms with Crippen molar-refractivity contribution in [2.24, 2.45) is 0 Å². The number of aldehydes is 1. The van der Waals surface area contributed by atoms with Crippen LogP contribution in [0, 0.1) is 15.9 Å². The Kier molecular flexibility index (Phi) is 3.00. The second kappa shape index (κ2) is 4.62. The summed E-state index contributed by atoms with van der Waals surface area (Å²) in [5.74, 6) is -0.507. The first-order valence-corrected chi connectivity index (χ1v) is 4.81. The zero-order valence-electron chi connectivity index (χ0n) is 8.88.